The van der Waals surface area contributed by atoms with Gasteiger partial charge in [-0.2, -0.15) is 0 Å². The van der Waals surface area contributed by atoms with Gasteiger partial charge >= 0.3 is 0 Å². The van der Waals surface area contributed by atoms with Crippen LogP contribution in [0.2, 0.25) is 0 Å². The lowest BCUT2D eigenvalue weighted by Crippen LogP contribution is -2.29. The van der Waals surface area contributed by atoms with E-state index in [-0.39, 0.29) is 5.41 Å². The van der Waals surface area contributed by atoms with Crippen molar-refractivity contribution in [2.75, 3.05) is 0 Å². The first-order valence-corrected chi connectivity index (χ1v) is 13.3. The maximum Gasteiger partial charge on any atom is 0.145 e. The van der Waals surface area contributed by atoms with Gasteiger partial charge in [0, 0.05) is 33.5 Å². The molecule has 2 heterocycles. The van der Waals surface area contributed by atoms with Crippen LogP contribution in [-0.4, -0.2) is 4.98 Å². The highest BCUT2D eigenvalue weighted by Gasteiger charge is 2.45. The van der Waals surface area contributed by atoms with Crippen molar-refractivity contribution < 1.29 is 4.42 Å². The fourth-order valence-electron chi connectivity index (χ4n) is 6.78. The Bertz CT molecular complexity index is 1590. The molecule has 1 aliphatic rings. The third kappa shape index (κ3) is 3.34. The van der Waals surface area contributed by atoms with Gasteiger partial charge < -0.3 is 4.42 Å². The predicted octanol–water partition coefficient (Wildman–Crippen LogP) is 9.62. The highest BCUT2D eigenvalue weighted by atomic mass is 16.3. The van der Waals surface area contributed by atoms with Gasteiger partial charge in [0.25, 0.3) is 0 Å². The Morgan fingerprint density at radius 3 is 2.06 bits per heavy atom. The second-order valence-electron chi connectivity index (χ2n) is 11.6. The van der Waals surface area contributed by atoms with Crippen molar-refractivity contribution in [1.29, 1.82) is 0 Å². The molecule has 0 atom stereocenters. The Labute approximate surface area is 214 Å². The number of aromatic nitrogens is 1. The molecule has 0 aliphatic heterocycles. The van der Waals surface area contributed by atoms with Gasteiger partial charge in [0.2, 0.25) is 0 Å². The van der Waals surface area contributed by atoms with Crippen LogP contribution in [0.25, 0.3) is 44.3 Å². The minimum Gasteiger partial charge on any atom is -0.455 e. The van der Waals surface area contributed by atoms with E-state index >= 15 is 0 Å². The van der Waals surface area contributed by atoms with Crippen LogP contribution in [0.5, 0.6) is 0 Å². The lowest BCUT2D eigenvalue weighted by molar-refractivity contribution is 0.337. The minimum atomic E-state index is 0.0126. The molecule has 0 unspecified atom stereocenters. The minimum absolute atomic E-state index is 0.0126. The SMILES string of the molecule is Cc1ccc(-c2c(C)ccc3c2oc2c4c(ccc23)C(CC(C)C)(CC(C)C)c2ccccc2-4)nc1. The second kappa shape index (κ2) is 8.34. The Hall–Kier alpha value is -3.39. The molecular weight excluding hydrogens is 438 g/mol. The van der Waals surface area contributed by atoms with Crippen molar-refractivity contribution in [2.24, 2.45) is 11.8 Å². The highest BCUT2D eigenvalue weighted by molar-refractivity contribution is 6.14. The summed E-state index contributed by atoms with van der Waals surface area (Å²) in [5.41, 5.74) is 11.9. The van der Waals surface area contributed by atoms with Gasteiger partial charge in [-0.1, -0.05) is 82.3 Å². The second-order valence-corrected chi connectivity index (χ2v) is 11.6. The molecule has 0 bridgehead atoms. The number of fused-ring (bicyclic) bond motifs is 7. The molecule has 0 N–H and O–H groups in total. The number of rotatable bonds is 5. The Kier molecular flexibility index (Phi) is 5.33. The molecule has 2 nitrogen and oxygen atoms in total. The molecule has 36 heavy (non-hydrogen) atoms. The van der Waals surface area contributed by atoms with Gasteiger partial charge in [-0.25, -0.2) is 0 Å². The molecule has 2 aromatic heterocycles. The summed E-state index contributed by atoms with van der Waals surface area (Å²) < 4.78 is 6.91. The Morgan fingerprint density at radius 1 is 0.722 bits per heavy atom. The van der Waals surface area contributed by atoms with Gasteiger partial charge in [0.05, 0.1) is 5.69 Å². The Balaban J connectivity index is 1.70. The van der Waals surface area contributed by atoms with Gasteiger partial charge in [0.1, 0.15) is 11.2 Å². The summed E-state index contributed by atoms with van der Waals surface area (Å²) in [6.07, 6.45) is 4.22. The first-order chi connectivity index (χ1) is 17.3. The van der Waals surface area contributed by atoms with Crippen molar-refractivity contribution in [1.82, 2.24) is 4.98 Å². The predicted molar refractivity (Wildman–Crippen MR) is 152 cm³/mol. The zero-order chi connectivity index (χ0) is 25.2. The average Bonchev–Trinajstić information content (AvgIpc) is 3.33. The maximum absolute atomic E-state index is 6.91. The van der Waals surface area contributed by atoms with Crippen molar-refractivity contribution in [3.05, 3.63) is 89.1 Å². The molecule has 1 aliphatic carbocycles. The summed E-state index contributed by atoms with van der Waals surface area (Å²) in [4.78, 5) is 4.77. The quantitative estimate of drug-likeness (QED) is 0.254. The fraction of sp³-hybridized carbons (Fsp3) is 0.324. The van der Waals surface area contributed by atoms with Crippen LogP contribution < -0.4 is 0 Å². The number of hydrogen-bond acceptors (Lipinski definition) is 2. The summed E-state index contributed by atoms with van der Waals surface area (Å²) >= 11 is 0. The average molecular weight is 474 g/mol. The summed E-state index contributed by atoms with van der Waals surface area (Å²) in [6.45, 7) is 13.6. The number of aryl methyl sites for hydroxylation is 2. The zero-order valence-corrected chi connectivity index (χ0v) is 22.3. The van der Waals surface area contributed by atoms with Crippen LogP contribution >= 0.6 is 0 Å². The van der Waals surface area contributed by atoms with Crippen molar-refractivity contribution >= 4 is 21.9 Å². The fourth-order valence-corrected chi connectivity index (χ4v) is 6.78. The van der Waals surface area contributed by atoms with Crippen LogP contribution in [0, 0.1) is 25.7 Å². The molecule has 0 radical (unpaired) electrons. The number of benzene rings is 3. The van der Waals surface area contributed by atoms with Gasteiger partial charge in [-0.15, -0.1) is 0 Å². The normalized spacial score (nSPS) is 14.2. The summed E-state index contributed by atoms with van der Waals surface area (Å²) in [5, 5.41) is 2.36. The smallest absolute Gasteiger partial charge is 0.145 e. The molecule has 5 aromatic rings. The molecule has 6 rings (SSSR count). The lowest BCUT2D eigenvalue weighted by atomic mass is 9.68. The summed E-state index contributed by atoms with van der Waals surface area (Å²) in [7, 11) is 0. The lowest BCUT2D eigenvalue weighted by Gasteiger charge is -2.35. The van der Waals surface area contributed by atoms with Crippen LogP contribution in [0.4, 0.5) is 0 Å². The topological polar surface area (TPSA) is 26.0 Å². The molecule has 182 valence electrons. The molecule has 0 amide bonds. The molecule has 0 saturated carbocycles. The first-order valence-electron chi connectivity index (χ1n) is 13.3. The molecule has 0 spiro atoms. The van der Waals surface area contributed by atoms with Crippen LogP contribution in [0.3, 0.4) is 0 Å². The number of pyridine rings is 1. The van der Waals surface area contributed by atoms with Crippen molar-refractivity contribution in [2.45, 2.75) is 59.8 Å². The maximum atomic E-state index is 6.91. The number of nitrogens with zero attached hydrogens (tertiary/aromatic N) is 1. The van der Waals surface area contributed by atoms with Gasteiger partial charge in [-0.05, 0) is 72.4 Å². The van der Waals surface area contributed by atoms with E-state index in [1.54, 1.807) is 0 Å². The molecule has 0 fully saturated rings. The van der Waals surface area contributed by atoms with E-state index < -0.39 is 0 Å². The van der Waals surface area contributed by atoms with Crippen LogP contribution in [0.15, 0.2) is 71.3 Å². The third-order valence-corrected chi connectivity index (χ3v) is 7.93. The summed E-state index contributed by atoms with van der Waals surface area (Å²) in [6, 6.07) is 22.4. The van der Waals surface area contributed by atoms with E-state index in [1.807, 2.05) is 6.20 Å². The largest absolute Gasteiger partial charge is 0.455 e. The van der Waals surface area contributed by atoms with E-state index in [1.165, 1.54) is 38.6 Å². The number of hydrogen-bond donors (Lipinski definition) is 0. The van der Waals surface area contributed by atoms with Crippen LogP contribution in [0.1, 0.15) is 62.8 Å². The van der Waals surface area contributed by atoms with Gasteiger partial charge in [-0.3, -0.25) is 4.98 Å². The Morgan fingerprint density at radius 2 is 1.39 bits per heavy atom. The zero-order valence-electron chi connectivity index (χ0n) is 22.3. The van der Waals surface area contributed by atoms with Crippen molar-refractivity contribution in [3.8, 4) is 22.4 Å². The van der Waals surface area contributed by atoms with E-state index in [0.717, 1.165) is 40.8 Å². The summed E-state index contributed by atoms with van der Waals surface area (Å²) in [5.74, 6) is 1.19. The van der Waals surface area contributed by atoms with Crippen LogP contribution in [-0.2, 0) is 5.41 Å². The van der Waals surface area contributed by atoms with E-state index in [9.17, 15) is 0 Å². The molecule has 3 aromatic carbocycles. The molecule has 0 saturated heterocycles. The monoisotopic (exact) mass is 473 g/mol. The van der Waals surface area contributed by atoms with Crippen molar-refractivity contribution in [3.63, 3.8) is 0 Å². The van der Waals surface area contributed by atoms with E-state index in [2.05, 4.69) is 102 Å². The van der Waals surface area contributed by atoms with E-state index in [4.69, 9.17) is 9.40 Å². The van der Waals surface area contributed by atoms with E-state index in [0.29, 0.717) is 11.8 Å². The highest BCUT2D eigenvalue weighted by Crippen LogP contribution is 2.57. The molecule has 2 heteroatoms. The van der Waals surface area contributed by atoms with Gasteiger partial charge in [0.15, 0.2) is 0 Å². The molecular formula is C34H35NO. The number of furan rings is 1. The first kappa shape index (κ1) is 23.0. The standard InChI is InChI=1S/C34H35NO/c1-20(2)17-34(18-21(3)4)27-10-8-7-9-26(27)31-28(34)15-14-25-24-13-12-23(6)30(32(24)36-33(25)31)29-16-11-22(5)19-35-29/h7-16,19-21H,17-18H2,1-6H3. The third-order valence-electron chi connectivity index (χ3n) is 7.93.